The molecule has 78 valence electrons. The summed E-state index contributed by atoms with van der Waals surface area (Å²) in [6.45, 7) is 3.68. The summed E-state index contributed by atoms with van der Waals surface area (Å²) < 4.78 is 6.66. The molecular weight excluding hydrogens is 182 g/mol. The summed E-state index contributed by atoms with van der Waals surface area (Å²) in [6, 6.07) is 0. The van der Waals surface area contributed by atoms with E-state index < -0.39 is 0 Å². The molecule has 0 atom stereocenters. The highest BCUT2D eigenvalue weighted by atomic mass is 16.5. The van der Waals surface area contributed by atoms with E-state index in [4.69, 9.17) is 4.74 Å². The highest BCUT2D eigenvalue weighted by Gasteiger charge is 2.11. The summed E-state index contributed by atoms with van der Waals surface area (Å²) in [5, 5.41) is 3.00. The van der Waals surface area contributed by atoms with Gasteiger partial charge in [-0.1, -0.05) is 0 Å². The molecule has 5 nitrogen and oxygen atoms in total. The minimum absolute atomic E-state index is 0.318. The zero-order chi connectivity index (χ0) is 10.4. The van der Waals surface area contributed by atoms with Crippen molar-refractivity contribution in [2.24, 2.45) is 0 Å². The molecule has 1 aromatic rings. The summed E-state index contributed by atoms with van der Waals surface area (Å²) in [4.78, 5) is 15.3. The number of likely N-dealkylation sites (N-methyl/N-ethyl adjacent to an activating group) is 1. The van der Waals surface area contributed by atoms with Crippen LogP contribution in [0.15, 0.2) is 12.5 Å². The molecule has 0 saturated carbocycles. The Kier molecular flexibility index (Phi) is 4.12. The van der Waals surface area contributed by atoms with Gasteiger partial charge >= 0.3 is 5.97 Å². The fraction of sp³-hybridized carbons (Fsp3) is 0.556. The zero-order valence-corrected chi connectivity index (χ0v) is 8.49. The minimum atomic E-state index is -0.318. The van der Waals surface area contributed by atoms with Gasteiger partial charge in [-0.3, -0.25) is 0 Å². The molecule has 0 fully saturated rings. The Hall–Kier alpha value is -1.36. The summed E-state index contributed by atoms with van der Waals surface area (Å²) in [6.07, 6.45) is 3.15. The van der Waals surface area contributed by atoms with Crippen LogP contribution in [-0.2, 0) is 11.3 Å². The number of carbonyl (C=O) groups is 1. The lowest BCUT2D eigenvalue weighted by atomic mass is 10.4. The first kappa shape index (κ1) is 10.7. The van der Waals surface area contributed by atoms with Crippen LogP contribution in [0.25, 0.3) is 0 Å². The monoisotopic (exact) mass is 197 g/mol. The molecule has 14 heavy (non-hydrogen) atoms. The van der Waals surface area contributed by atoms with Gasteiger partial charge in [-0.2, -0.15) is 0 Å². The maximum absolute atomic E-state index is 11.4. The molecule has 0 unspecified atom stereocenters. The minimum Gasteiger partial charge on any atom is -0.461 e. The second-order valence-electron chi connectivity index (χ2n) is 2.80. The first-order valence-electron chi connectivity index (χ1n) is 4.61. The summed E-state index contributed by atoms with van der Waals surface area (Å²) in [5.41, 5.74) is 0.502. The average molecular weight is 197 g/mol. The van der Waals surface area contributed by atoms with Gasteiger partial charge in [0.25, 0.3) is 0 Å². The first-order valence-corrected chi connectivity index (χ1v) is 4.61. The van der Waals surface area contributed by atoms with E-state index in [9.17, 15) is 4.79 Å². The normalized spacial score (nSPS) is 10.1. The van der Waals surface area contributed by atoms with E-state index in [1.165, 1.54) is 6.20 Å². The molecule has 0 spiro atoms. The highest BCUT2D eigenvalue weighted by Crippen LogP contribution is 2.01. The number of hydrogen-bond acceptors (Lipinski definition) is 4. The number of esters is 1. The molecule has 0 radical (unpaired) electrons. The Morgan fingerprint density at radius 2 is 2.50 bits per heavy atom. The van der Waals surface area contributed by atoms with Gasteiger partial charge in [0, 0.05) is 13.1 Å². The lowest BCUT2D eigenvalue weighted by Gasteiger charge is -2.06. The number of ether oxygens (including phenoxy) is 1. The van der Waals surface area contributed by atoms with Gasteiger partial charge in [0.1, 0.15) is 5.69 Å². The molecule has 0 bridgehead atoms. The van der Waals surface area contributed by atoms with Crippen LogP contribution in [0.2, 0.25) is 0 Å². The van der Waals surface area contributed by atoms with Crippen LogP contribution in [-0.4, -0.2) is 35.7 Å². The predicted octanol–water partition coefficient (Wildman–Crippen LogP) is 0.279. The fourth-order valence-corrected chi connectivity index (χ4v) is 1.11. The van der Waals surface area contributed by atoms with Gasteiger partial charge in [0.2, 0.25) is 0 Å². The number of nitrogens with one attached hydrogen (secondary N) is 1. The third-order valence-electron chi connectivity index (χ3n) is 1.80. The van der Waals surface area contributed by atoms with Gasteiger partial charge in [-0.15, -0.1) is 0 Å². The van der Waals surface area contributed by atoms with Crippen LogP contribution >= 0.6 is 0 Å². The highest BCUT2D eigenvalue weighted by molar-refractivity contribution is 5.87. The molecule has 0 aliphatic rings. The molecule has 1 N–H and O–H groups in total. The number of nitrogens with zero attached hydrogens (tertiary/aromatic N) is 2. The predicted molar refractivity (Wildman–Crippen MR) is 52.1 cm³/mol. The SMILES string of the molecule is CCOC(=O)c1cncn1CCNC. The van der Waals surface area contributed by atoms with Gasteiger partial charge in [-0.25, -0.2) is 9.78 Å². The molecule has 0 saturated heterocycles. The number of imidazole rings is 1. The molecule has 0 amide bonds. The Bertz CT molecular complexity index is 296. The van der Waals surface area contributed by atoms with Crippen molar-refractivity contribution in [3.05, 3.63) is 18.2 Å². The maximum atomic E-state index is 11.4. The van der Waals surface area contributed by atoms with E-state index in [2.05, 4.69) is 10.3 Å². The van der Waals surface area contributed by atoms with E-state index in [1.54, 1.807) is 17.8 Å². The topological polar surface area (TPSA) is 56.1 Å². The second-order valence-corrected chi connectivity index (χ2v) is 2.80. The van der Waals surface area contributed by atoms with E-state index in [0.717, 1.165) is 6.54 Å². The number of hydrogen-bond donors (Lipinski definition) is 1. The molecule has 0 aliphatic carbocycles. The lowest BCUT2D eigenvalue weighted by Crippen LogP contribution is -2.18. The molecule has 5 heteroatoms. The van der Waals surface area contributed by atoms with Crippen molar-refractivity contribution in [1.29, 1.82) is 0 Å². The molecule has 0 aliphatic heterocycles. The van der Waals surface area contributed by atoms with Crippen LogP contribution in [0.4, 0.5) is 0 Å². The second kappa shape index (κ2) is 5.39. The maximum Gasteiger partial charge on any atom is 0.356 e. The summed E-state index contributed by atoms with van der Waals surface area (Å²) in [5.74, 6) is -0.318. The summed E-state index contributed by atoms with van der Waals surface area (Å²) >= 11 is 0. The van der Waals surface area contributed by atoms with Crippen molar-refractivity contribution in [2.75, 3.05) is 20.2 Å². The third-order valence-corrected chi connectivity index (χ3v) is 1.80. The van der Waals surface area contributed by atoms with Crippen molar-refractivity contribution in [2.45, 2.75) is 13.5 Å². The number of rotatable bonds is 5. The smallest absolute Gasteiger partial charge is 0.356 e. The Balaban J connectivity index is 2.66. The Labute approximate surface area is 83.1 Å². The quantitative estimate of drug-likeness (QED) is 0.689. The largest absolute Gasteiger partial charge is 0.461 e. The van der Waals surface area contributed by atoms with E-state index in [-0.39, 0.29) is 5.97 Å². The van der Waals surface area contributed by atoms with Crippen molar-refractivity contribution in [3.8, 4) is 0 Å². The average Bonchev–Trinajstić information content (AvgIpc) is 2.63. The molecule has 0 aromatic carbocycles. The third kappa shape index (κ3) is 2.56. The van der Waals surface area contributed by atoms with Crippen LogP contribution in [0.1, 0.15) is 17.4 Å². The van der Waals surface area contributed by atoms with Crippen LogP contribution in [0.3, 0.4) is 0 Å². The van der Waals surface area contributed by atoms with E-state index >= 15 is 0 Å². The Morgan fingerprint density at radius 1 is 1.71 bits per heavy atom. The molecule has 1 rings (SSSR count). The van der Waals surface area contributed by atoms with Crippen LogP contribution in [0.5, 0.6) is 0 Å². The van der Waals surface area contributed by atoms with Crippen LogP contribution < -0.4 is 5.32 Å². The van der Waals surface area contributed by atoms with Crippen molar-refractivity contribution in [1.82, 2.24) is 14.9 Å². The van der Waals surface area contributed by atoms with Crippen molar-refractivity contribution >= 4 is 5.97 Å². The fourth-order valence-electron chi connectivity index (χ4n) is 1.11. The van der Waals surface area contributed by atoms with E-state index in [1.807, 2.05) is 7.05 Å². The van der Waals surface area contributed by atoms with Crippen LogP contribution in [0, 0.1) is 0 Å². The lowest BCUT2D eigenvalue weighted by molar-refractivity contribution is 0.0513. The standard InChI is InChI=1S/C9H15N3O2/c1-3-14-9(13)8-6-11-7-12(8)5-4-10-2/h6-7,10H,3-5H2,1-2H3. The molecule has 1 heterocycles. The molecular formula is C9H15N3O2. The van der Waals surface area contributed by atoms with E-state index in [0.29, 0.717) is 18.8 Å². The van der Waals surface area contributed by atoms with Gasteiger partial charge in [-0.05, 0) is 14.0 Å². The number of aromatic nitrogens is 2. The van der Waals surface area contributed by atoms with Gasteiger partial charge in [0.15, 0.2) is 0 Å². The number of carbonyl (C=O) groups excluding carboxylic acids is 1. The van der Waals surface area contributed by atoms with Gasteiger partial charge < -0.3 is 14.6 Å². The van der Waals surface area contributed by atoms with Crippen molar-refractivity contribution < 1.29 is 9.53 Å². The molecule has 1 aromatic heterocycles. The zero-order valence-electron chi connectivity index (χ0n) is 8.49. The summed E-state index contributed by atoms with van der Waals surface area (Å²) in [7, 11) is 1.86. The van der Waals surface area contributed by atoms with Crippen molar-refractivity contribution in [3.63, 3.8) is 0 Å². The first-order chi connectivity index (χ1) is 6.79. The van der Waals surface area contributed by atoms with Gasteiger partial charge in [0.05, 0.1) is 19.1 Å². The Morgan fingerprint density at radius 3 is 3.14 bits per heavy atom.